The summed E-state index contributed by atoms with van der Waals surface area (Å²) in [6.45, 7) is 1.69. The van der Waals surface area contributed by atoms with E-state index in [1.54, 1.807) is 37.3 Å². The highest BCUT2D eigenvalue weighted by atomic mass is 127. The fourth-order valence-corrected chi connectivity index (χ4v) is 3.35. The minimum Gasteiger partial charge on any atom is -0.398 e. The minimum absolute atomic E-state index is 0.200. The first-order chi connectivity index (χ1) is 8.90. The van der Waals surface area contributed by atoms with Gasteiger partial charge in [0.1, 0.15) is 0 Å². The molecule has 2 rings (SSSR count). The molecule has 0 aliphatic heterocycles. The smallest absolute Gasteiger partial charge is 0.262 e. The van der Waals surface area contributed by atoms with Gasteiger partial charge in [0.25, 0.3) is 10.0 Å². The molecule has 0 saturated heterocycles. The number of nitrogens with two attached hydrogens (primary N) is 1. The largest absolute Gasteiger partial charge is 0.398 e. The Morgan fingerprint density at radius 1 is 1.11 bits per heavy atom. The Hall–Kier alpha value is -1.28. The van der Waals surface area contributed by atoms with Crippen LogP contribution in [-0.4, -0.2) is 8.42 Å². The number of hydrogen-bond donors (Lipinski definition) is 2. The van der Waals surface area contributed by atoms with Crippen LogP contribution in [0.1, 0.15) is 5.56 Å². The van der Waals surface area contributed by atoms with Gasteiger partial charge in [-0.15, -0.1) is 0 Å². The summed E-state index contributed by atoms with van der Waals surface area (Å²) in [4.78, 5) is 0.200. The molecule has 19 heavy (non-hydrogen) atoms. The van der Waals surface area contributed by atoms with Crippen molar-refractivity contribution in [1.29, 1.82) is 0 Å². The van der Waals surface area contributed by atoms with E-state index in [2.05, 4.69) is 27.3 Å². The van der Waals surface area contributed by atoms with Crippen LogP contribution >= 0.6 is 22.6 Å². The summed E-state index contributed by atoms with van der Waals surface area (Å²) in [6.07, 6.45) is 0. The first kappa shape index (κ1) is 14.1. The van der Waals surface area contributed by atoms with Crippen LogP contribution in [0.5, 0.6) is 0 Å². The van der Waals surface area contributed by atoms with Crippen molar-refractivity contribution in [2.45, 2.75) is 11.8 Å². The van der Waals surface area contributed by atoms with Gasteiger partial charge in [0.05, 0.1) is 4.90 Å². The molecule has 0 aromatic heterocycles. The fourth-order valence-electron chi connectivity index (χ4n) is 1.65. The Morgan fingerprint density at radius 3 is 2.37 bits per heavy atom. The van der Waals surface area contributed by atoms with E-state index >= 15 is 0 Å². The van der Waals surface area contributed by atoms with Crippen molar-refractivity contribution < 1.29 is 8.42 Å². The SMILES string of the molecule is Cc1c(N)cccc1S(=O)(=O)Nc1ccc(I)cc1. The lowest BCUT2D eigenvalue weighted by molar-refractivity contribution is 0.600. The van der Waals surface area contributed by atoms with Gasteiger partial charge in [0, 0.05) is 14.9 Å². The molecule has 4 nitrogen and oxygen atoms in total. The van der Waals surface area contributed by atoms with Gasteiger partial charge >= 0.3 is 0 Å². The van der Waals surface area contributed by atoms with Crippen LogP contribution in [0.4, 0.5) is 11.4 Å². The van der Waals surface area contributed by atoms with Crippen molar-refractivity contribution in [3.8, 4) is 0 Å². The topological polar surface area (TPSA) is 72.2 Å². The lowest BCUT2D eigenvalue weighted by Crippen LogP contribution is -2.14. The monoisotopic (exact) mass is 388 g/mol. The molecule has 0 bridgehead atoms. The maximum atomic E-state index is 12.3. The molecule has 3 N–H and O–H groups in total. The Kier molecular flexibility index (Phi) is 4.00. The maximum absolute atomic E-state index is 12.3. The average Bonchev–Trinajstić information content (AvgIpc) is 2.35. The van der Waals surface area contributed by atoms with E-state index < -0.39 is 10.0 Å². The second-order valence-corrected chi connectivity index (χ2v) is 6.98. The molecular weight excluding hydrogens is 375 g/mol. The third kappa shape index (κ3) is 3.19. The molecule has 0 amide bonds. The van der Waals surface area contributed by atoms with E-state index in [0.717, 1.165) is 3.57 Å². The van der Waals surface area contributed by atoms with Gasteiger partial charge in [-0.25, -0.2) is 8.42 Å². The van der Waals surface area contributed by atoms with Crippen molar-refractivity contribution in [2.75, 3.05) is 10.5 Å². The lowest BCUT2D eigenvalue weighted by atomic mass is 10.2. The maximum Gasteiger partial charge on any atom is 0.262 e. The second-order valence-electron chi connectivity index (χ2n) is 4.08. The molecule has 2 aromatic carbocycles. The van der Waals surface area contributed by atoms with E-state index in [-0.39, 0.29) is 4.90 Å². The summed E-state index contributed by atoms with van der Waals surface area (Å²) in [5.74, 6) is 0. The van der Waals surface area contributed by atoms with E-state index in [1.807, 2.05) is 12.1 Å². The molecule has 6 heteroatoms. The summed E-state index contributed by atoms with van der Waals surface area (Å²) in [5.41, 5.74) is 7.29. The van der Waals surface area contributed by atoms with Crippen molar-refractivity contribution in [1.82, 2.24) is 0 Å². The predicted molar refractivity (Wildman–Crippen MR) is 85.6 cm³/mol. The summed E-state index contributed by atoms with van der Waals surface area (Å²) in [6, 6.07) is 12.0. The zero-order chi connectivity index (χ0) is 14.0. The van der Waals surface area contributed by atoms with Gasteiger partial charge in [-0.3, -0.25) is 4.72 Å². The van der Waals surface area contributed by atoms with Crippen molar-refractivity contribution >= 4 is 44.0 Å². The Balaban J connectivity index is 2.38. The zero-order valence-corrected chi connectivity index (χ0v) is 13.2. The number of nitrogen functional groups attached to an aromatic ring is 1. The van der Waals surface area contributed by atoms with Crippen LogP contribution in [0.3, 0.4) is 0 Å². The Bertz CT molecular complexity index is 697. The molecule has 100 valence electrons. The van der Waals surface area contributed by atoms with E-state index in [9.17, 15) is 8.42 Å². The third-order valence-corrected chi connectivity index (χ3v) is 4.96. The minimum atomic E-state index is -3.61. The van der Waals surface area contributed by atoms with Gasteiger partial charge in [0.2, 0.25) is 0 Å². The molecule has 0 unspecified atom stereocenters. The number of benzene rings is 2. The number of sulfonamides is 1. The van der Waals surface area contributed by atoms with Crippen LogP contribution in [0.15, 0.2) is 47.4 Å². The molecular formula is C13H13IN2O2S. The van der Waals surface area contributed by atoms with E-state index in [1.165, 1.54) is 0 Å². The van der Waals surface area contributed by atoms with Gasteiger partial charge in [-0.05, 0) is 71.5 Å². The van der Waals surface area contributed by atoms with Crippen molar-refractivity contribution in [2.24, 2.45) is 0 Å². The number of anilines is 2. The predicted octanol–water partition coefficient (Wildman–Crippen LogP) is 2.98. The lowest BCUT2D eigenvalue weighted by Gasteiger charge is -2.11. The first-order valence-corrected chi connectivity index (χ1v) is 8.10. The van der Waals surface area contributed by atoms with Crippen molar-refractivity contribution in [3.05, 3.63) is 51.6 Å². The molecule has 0 atom stereocenters. The van der Waals surface area contributed by atoms with Gasteiger partial charge in [-0.2, -0.15) is 0 Å². The van der Waals surface area contributed by atoms with Crippen LogP contribution < -0.4 is 10.5 Å². The summed E-state index contributed by atoms with van der Waals surface area (Å²) in [5, 5.41) is 0. The van der Waals surface area contributed by atoms with Gasteiger partial charge < -0.3 is 5.73 Å². The fraction of sp³-hybridized carbons (Fsp3) is 0.0769. The molecule has 0 aliphatic rings. The third-order valence-electron chi connectivity index (χ3n) is 2.71. The highest BCUT2D eigenvalue weighted by Gasteiger charge is 2.17. The molecule has 0 spiro atoms. The Labute approximate surface area is 126 Å². The molecule has 0 saturated carbocycles. The molecule has 0 radical (unpaired) electrons. The van der Waals surface area contributed by atoms with E-state index in [4.69, 9.17) is 5.73 Å². The summed E-state index contributed by atoms with van der Waals surface area (Å²) in [7, 11) is -3.61. The van der Waals surface area contributed by atoms with Gasteiger partial charge in [0.15, 0.2) is 0 Å². The van der Waals surface area contributed by atoms with Crippen LogP contribution in [0, 0.1) is 10.5 Å². The molecule has 2 aromatic rings. The normalized spacial score (nSPS) is 11.3. The average molecular weight is 388 g/mol. The van der Waals surface area contributed by atoms with Crippen molar-refractivity contribution in [3.63, 3.8) is 0 Å². The van der Waals surface area contributed by atoms with Gasteiger partial charge in [-0.1, -0.05) is 6.07 Å². The van der Waals surface area contributed by atoms with Crippen LogP contribution in [-0.2, 0) is 10.0 Å². The number of nitrogens with one attached hydrogen (secondary N) is 1. The standard InChI is InChI=1S/C13H13IN2O2S/c1-9-12(15)3-2-4-13(9)19(17,18)16-11-7-5-10(14)6-8-11/h2-8,16H,15H2,1H3. The second kappa shape index (κ2) is 5.38. The highest BCUT2D eigenvalue weighted by molar-refractivity contribution is 14.1. The quantitative estimate of drug-likeness (QED) is 0.627. The molecule has 0 heterocycles. The first-order valence-electron chi connectivity index (χ1n) is 5.53. The molecule has 0 aliphatic carbocycles. The zero-order valence-electron chi connectivity index (χ0n) is 10.2. The Morgan fingerprint density at radius 2 is 1.74 bits per heavy atom. The number of rotatable bonds is 3. The summed E-state index contributed by atoms with van der Waals surface area (Å²) < 4.78 is 28.2. The van der Waals surface area contributed by atoms with E-state index in [0.29, 0.717) is 16.9 Å². The van der Waals surface area contributed by atoms with Crippen LogP contribution in [0.2, 0.25) is 0 Å². The summed E-state index contributed by atoms with van der Waals surface area (Å²) >= 11 is 2.16. The highest BCUT2D eigenvalue weighted by Crippen LogP contribution is 2.23. The number of halogens is 1. The van der Waals surface area contributed by atoms with Crippen LogP contribution in [0.25, 0.3) is 0 Å². The number of hydrogen-bond acceptors (Lipinski definition) is 3. The molecule has 0 fully saturated rings.